The van der Waals surface area contributed by atoms with Crippen molar-refractivity contribution in [1.82, 2.24) is 24.6 Å². The summed E-state index contributed by atoms with van der Waals surface area (Å²) in [6.45, 7) is 5.53. The van der Waals surface area contributed by atoms with E-state index >= 15 is 0 Å². The number of nitrogens with two attached hydrogens (primary N) is 1. The molecule has 4 aromatic rings. The zero-order valence-electron chi connectivity index (χ0n) is 17.4. The Morgan fingerprint density at radius 3 is 2.47 bits per heavy atom. The first-order valence-electron chi connectivity index (χ1n) is 10.4. The molecule has 0 saturated carbocycles. The number of nitrogen functional groups attached to an aromatic ring is 1. The molecule has 5 rings (SSSR count). The van der Waals surface area contributed by atoms with Crippen molar-refractivity contribution in [3.8, 4) is 22.8 Å². The zero-order chi connectivity index (χ0) is 22.1. The SMILES string of the molecule is C=C1CCN(CCn2nc(-c3ccc(Oc4ccccc4)cc3)c3c(N)ncnc32)C1=O. The summed E-state index contributed by atoms with van der Waals surface area (Å²) >= 11 is 0. The Labute approximate surface area is 185 Å². The Bertz CT molecular complexity index is 1300. The van der Waals surface area contributed by atoms with Crippen molar-refractivity contribution in [2.24, 2.45) is 0 Å². The first-order valence-corrected chi connectivity index (χ1v) is 10.4. The van der Waals surface area contributed by atoms with Gasteiger partial charge in [-0.15, -0.1) is 0 Å². The van der Waals surface area contributed by atoms with Gasteiger partial charge in [0.15, 0.2) is 5.65 Å². The second-order valence-electron chi connectivity index (χ2n) is 7.61. The van der Waals surface area contributed by atoms with E-state index in [4.69, 9.17) is 15.6 Å². The molecule has 0 unspecified atom stereocenters. The highest BCUT2D eigenvalue weighted by molar-refractivity contribution is 5.98. The Kier molecular flexibility index (Phi) is 5.03. The highest BCUT2D eigenvalue weighted by Gasteiger charge is 2.24. The number of hydrogen-bond acceptors (Lipinski definition) is 6. The van der Waals surface area contributed by atoms with Gasteiger partial charge in [0.2, 0.25) is 5.91 Å². The Hall–Kier alpha value is -4.20. The lowest BCUT2D eigenvalue weighted by Crippen LogP contribution is -2.29. The minimum absolute atomic E-state index is 0.00447. The summed E-state index contributed by atoms with van der Waals surface area (Å²) in [6.07, 6.45) is 2.13. The standard InChI is InChI=1S/C24H22N6O2/c1-16-11-12-29(24(16)31)13-14-30-23-20(22(25)26-15-27-23)21(28-30)17-7-9-19(10-8-17)32-18-5-3-2-4-6-18/h2-10,15H,1,11-14H2,(H2,25,26,27). The third kappa shape index (κ3) is 3.66. The van der Waals surface area contributed by atoms with Crippen molar-refractivity contribution in [2.45, 2.75) is 13.0 Å². The summed E-state index contributed by atoms with van der Waals surface area (Å²) in [5.41, 5.74) is 9.06. The van der Waals surface area contributed by atoms with E-state index in [1.165, 1.54) is 6.33 Å². The van der Waals surface area contributed by atoms with E-state index in [2.05, 4.69) is 16.5 Å². The molecule has 32 heavy (non-hydrogen) atoms. The molecule has 3 heterocycles. The molecule has 0 aliphatic carbocycles. The fraction of sp³-hybridized carbons (Fsp3) is 0.167. The van der Waals surface area contributed by atoms with Crippen LogP contribution in [0.15, 0.2) is 73.1 Å². The van der Waals surface area contributed by atoms with Crippen LogP contribution in [0.5, 0.6) is 11.5 Å². The molecule has 0 bridgehead atoms. The maximum atomic E-state index is 12.2. The molecule has 0 atom stereocenters. The molecule has 1 saturated heterocycles. The highest BCUT2D eigenvalue weighted by atomic mass is 16.5. The molecule has 8 heteroatoms. The van der Waals surface area contributed by atoms with E-state index in [1.54, 1.807) is 9.58 Å². The van der Waals surface area contributed by atoms with Crippen molar-refractivity contribution in [3.63, 3.8) is 0 Å². The van der Waals surface area contributed by atoms with Gasteiger partial charge in [-0.25, -0.2) is 14.6 Å². The van der Waals surface area contributed by atoms with Gasteiger partial charge in [0.1, 0.15) is 29.3 Å². The van der Waals surface area contributed by atoms with E-state index < -0.39 is 0 Å². The molecular formula is C24H22N6O2. The summed E-state index contributed by atoms with van der Waals surface area (Å²) in [4.78, 5) is 22.5. The van der Waals surface area contributed by atoms with E-state index in [0.717, 1.165) is 17.1 Å². The van der Waals surface area contributed by atoms with Crippen LogP contribution >= 0.6 is 0 Å². The normalized spacial score (nSPS) is 13.8. The summed E-state index contributed by atoms with van der Waals surface area (Å²) in [5, 5.41) is 5.47. The van der Waals surface area contributed by atoms with Gasteiger partial charge in [0.05, 0.1) is 11.9 Å². The molecule has 0 spiro atoms. The first kappa shape index (κ1) is 19.7. The van der Waals surface area contributed by atoms with Crippen LogP contribution in [0.1, 0.15) is 6.42 Å². The van der Waals surface area contributed by atoms with Crippen LogP contribution in [0.25, 0.3) is 22.3 Å². The Morgan fingerprint density at radius 1 is 1.00 bits per heavy atom. The second kappa shape index (κ2) is 8.14. The number of aromatic nitrogens is 4. The molecule has 2 aromatic carbocycles. The van der Waals surface area contributed by atoms with Crippen molar-refractivity contribution in [1.29, 1.82) is 0 Å². The average molecular weight is 426 g/mol. The molecule has 1 aliphatic heterocycles. The first-order chi connectivity index (χ1) is 15.6. The number of para-hydroxylation sites is 1. The molecule has 8 nitrogen and oxygen atoms in total. The van der Waals surface area contributed by atoms with Gasteiger partial charge >= 0.3 is 0 Å². The average Bonchev–Trinajstić information content (AvgIpc) is 3.34. The lowest BCUT2D eigenvalue weighted by molar-refractivity contribution is -0.124. The molecule has 0 radical (unpaired) electrons. The summed E-state index contributed by atoms with van der Waals surface area (Å²) in [6, 6.07) is 17.3. The maximum Gasteiger partial charge on any atom is 0.249 e. The number of carbonyl (C=O) groups excluding carboxylic acids is 1. The van der Waals surface area contributed by atoms with Gasteiger partial charge in [0.25, 0.3) is 0 Å². The van der Waals surface area contributed by atoms with Crippen molar-refractivity contribution in [3.05, 3.63) is 73.1 Å². The number of benzene rings is 2. The number of ether oxygens (including phenoxy) is 1. The third-order valence-corrected chi connectivity index (χ3v) is 5.52. The summed E-state index contributed by atoms with van der Waals surface area (Å²) < 4.78 is 7.66. The van der Waals surface area contributed by atoms with Crippen LogP contribution in [0.4, 0.5) is 5.82 Å². The van der Waals surface area contributed by atoms with Crippen LogP contribution < -0.4 is 10.5 Å². The fourth-order valence-corrected chi connectivity index (χ4v) is 3.82. The van der Waals surface area contributed by atoms with Crippen molar-refractivity contribution < 1.29 is 9.53 Å². The maximum absolute atomic E-state index is 12.2. The van der Waals surface area contributed by atoms with E-state index in [9.17, 15) is 4.79 Å². The van der Waals surface area contributed by atoms with Gasteiger partial charge < -0.3 is 15.4 Å². The number of anilines is 1. The molecular weight excluding hydrogens is 404 g/mol. The van der Waals surface area contributed by atoms with Crippen LogP contribution in [0.2, 0.25) is 0 Å². The van der Waals surface area contributed by atoms with Crippen LogP contribution in [-0.2, 0) is 11.3 Å². The van der Waals surface area contributed by atoms with E-state index in [-0.39, 0.29) is 5.91 Å². The lowest BCUT2D eigenvalue weighted by Gasteiger charge is -2.15. The number of nitrogens with zero attached hydrogens (tertiary/aromatic N) is 5. The Morgan fingerprint density at radius 2 is 1.75 bits per heavy atom. The number of hydrogen-bond donors (Lipinski definition) is 1. The quantitative estimate of drug-likeness (QED) is 0.473. The van der Waals surface area contributed by atoms with E-state index in [0.29, 0.717) is 54.2 Å². The third-order valence-electron chi connectivity index (χ3n) is 5.52. The topological polar surface area (TPSA) is 99.2 Å². The molecule has 2 N–H and O–H groups in total. The minimum atomic E-state index is 0.00447. The van der Waals surface area contributed by atoms with Crippen molar-refractivity contribution in [2.75, 3.05) is 18.8 Å². The molecule has 1 aliphatic rings. The monoisotopic (exact) mass is 426 g/mol. The molecule has 2 aromatic heterocycles. The smallest absolute Gasteiger partial charge is 0.249 e. The number of rotatable bonds is 6. The zero-order valence-corrected chi connectivity index (χ0v) is 17.4. The number of carbonyl (C=O) groups is 1. The number of amides is 1. The van der Waals surface area contributed by atoms with Gasteiger partial charge in [-0.1, -0.05) is 24.8 Å². The predicted octanol–water partition coefficient (Wildman–Crippen LogP) is 3.66. The van der Waals surface area contributed by atoms with E-state index in [1.807, 2.05) is 54.6 Å². The highest BCUT2D eigenvalue weighted by Crippen LogP contribution is 2.32. The van der Waals surface area contributed by atoms with Crippen molar-refractivity contribution >= 4 is 22.8 Å². The fourth-order valence-electron chi connectivity index (χ4n) is 3.82. The van der Waals surface area contributed by atoms with Crippen LogP contribution in [0.3, 0.4) is 0 Å². The molecule has 160 valence electrons. The number of likely N-dealkylation sites (tertiary alicyclic amines) is 1. The molecule has 1 amide bonds. The second-order valence-corrected chi connectivity index (χ2v) is 7.61. The van der Waals surface area contributed by atoms with Gasteiger partial charge in [0, 0.05) is 24.2 Å². The summed E-state index contributed by atoms with van der Waals surface area (Å²) in [5.74, 6) is 1.86. The van der Waals surface area contributed by atoms with Gasteiger partial charge in [-0.05, 0) is 42.8 Å². The minimum Gasteiger partial charge on any atom is -0.457 e. The largest absolute Gasteiger partial charge is 0.457 e. The Balaban J connectivity index is 1.43. The molecule has 1 fully saturated rings. The summed E-state index contributed by atoms with van der Waals surface area (Å²) in [7, 11) is 0. The van der Waals surface area contributed by atoms with Gasteiger partial charge in [-0.2, -0.15) is 5.10 Å². The predicted molar refractivity (Wildman–Crippen MR) is 122 cm³/mol. The lowest BCUT2D eigenvalue weighted by atomic mass is 10.1. The van der Waals surface area contributed by atoms with Gasteiger partial charge in [-0.3, -0.25) is 4.79 Å². The van der Waals surface area contributed by atoms with Crippen LogP contribution in [-0.4, -0.2) is 43.6 Å². The number of fused-ring (bicyclic) bond motifs is 1. The van der Waals surface area contributed by atoms with Crippen LogP contribution in [0, 0.1) is 0 Å².